The van der Waals surface area contributed by atoms with E-state index in [0.29, 0.717) is 18.7 Å². The Balaban J connectivity index is 1.41. The Morgan fingerprint density at radius 2 is 2.23 bits per heavy atom. The molecule has 0 saturated carbocycles. The average Bonchev–Trinajstić information content (AvgIpc) is 3.06. The zero-order valence-corrected chi connectivity index (χ0v) is 14.9. The molecule has 3 heterocycles. The maximum Gasteiger partial charge on any atom is 0.253 e. The Bertz CT molecular complexity index is 904. The first-order chi connectivity index (χ1) is 12.7. The molecule has 4 rings (SSSR count). The predicted molar refractivity (Wildman–Crippen MR) is 98.9 cm³/mol. The van der Waals surface area contributed by atoms with Crippen molar-refractivity contribution in [3.8, 4) is 0 Å². The van der Waals surface area contributed by atoms with Gasteiger partial charge in [-0.3, -0.25) is 9.78 Å². The van der Waals surface area contributed by atoms with E-state index in [0.717, 1.165) is 41.8 Å². The molecule has 5 heteroatoms. The van der Waals surface area contributed by atoms with Crippen LogP contribution >= 0.6 is 0 Å². The molecule has 0 aliphatic carbocycles. The number of benzene rings is 1. The topological polar surface area (TPSA) is 55.6 Å². The zero-order chi connectivity index (χ0) is 17.9. The number of furan rings is 1. The molecule has 1 atom stereocenters. The molecule has 134 valence electrons. The van der Waals surface area contributed by atoms with Gasteiger partial charge in [-0.05, 0) is 56.2 Å². The molecule has 5 nitrogen and oxygen atoms in total. The largest absolute Gasteiger partial charge is 0.461 e. The quantitative estimate of drug-likeness (QED) is 0.715. The number of carbonyl (C=O) groups excluding carboxylic acids is 1. The Hall–Kier alpha value is -2.66. The van der Waals surface area contributed by atoms with Crippen LogP contribution in [0.3, 0.4) is 0 Å². The van der Waals surface area contributed by atoms with Gasteiger partial charge in [0, 0.05) is 30.2 Å². The standard InChI is InChI=1S/C21H22N2O3/c1-15-11-17-12-16(7-8-20(17)26-15)21(24)23-10-4-6-19(13-23)25-14-18-5-2-3-9-22-18/h2-3,5,7-9,11-12,19H,4,6,10,13-14H2,1H3/t19-/m1/s1. The van der Waals surface area contributed by atoms with E-state index in [1.54, 1.807) is 6.20 Å². The zero-order valence-electron chi connectivity index (χ0n) is 14.9. The molecular formula is C21H22N2O3. The summed E-state index contributed by atoms with van der Waals surface area (Å²) in [5.41, 5.74) is 2.43. The number of aromatic nitrogens is 1. The van der Waals surface area contributed by atoms with E-state index in [4.69, 9.17) is 9.15 Å². The maximum atomic E-state index is 12.9. The third-order valence-corrected chi connectivity index (χ3v) is 4.74. The van der Waals surface area contributed by atoms with Crippen molar-refractivity contribution >= 4 is 16.9 Å². The first-order valence-corrected chi connectivity index (χ1v) is 9.00. The monoisotopic (exact) mass is 350 g/mol. The summed E-state index contributed by atoms with van der Waals surface area (Å²) in [6, 6.07) is 13.4. The van der Waals surface area contributed by atoms with Crippen LogP contribution in [0.4, 0.5) is 0 Å². The van der Waals surface area contributed by atoms with Gasteiger partial charge in [-0.1, -0.05) is 6.07 Å². The number of carbonyl (C=O) groups is 1. The molecular weight excluding hydrogens is 328 g/mol. The first-order valence-electron chi connectivity index (χ1n) is 9.00. The van der Waals surface area contributed by atoms with Crippen molar-refractivity contribution in [3.63, 3.8) is 0 Å². The summed E-state index contributed by atoms with van der Waals surface area (Å²) < 4.78 is 11.6. The van der Waals surface area contributed by atoms with Gasteiger partial charge in [0.1, 0.15) is 11.3 Å². The number of ether oxygens (including phenoxy) is 1. The lowest BCUT2D eigenvalue weighted by Crippen LogP contribution is -2.43. The molecule has 1 amide bonds. The third-order valence-electron chi connectivity index (χ3n) is 4.74. The first kappa shape index (κ1) is 16.8. The van der Waals surface area contributed by atoms with Crippen LogP contribution in [0.15, 0.2) is 53.1 Å². The number of hydrogen-bond acceptors (Lipinski definition) is 4. The highest BCUT2D eigenvalue weighted by atomic mass is 16.5. The second kappa shape index (κ2) is 7.30. The number of pyridine rings is 1. The highest BCUT2D eigenvalue weighted by molar-refractivity contribution is 5.97. The van der Waals surface area contributed by atoms with E-state index in [1.165, 1.54) is 0 Å². The van der Waals surface area contributed by atoms with Gasteiger partial charge in [0.15, 0.2) is 0 Å². The molecule has 3 aromatic rings. The van der Waals surface area contributed by atoms with Crippen LogP contribution < -0.4 is 0 Å². The number of likely N-dealkylation sites (tertiary alicyclic amines) is 1. The van der Waals surface area contributed by atoms with Crippen molar-refractivity contribution < 1.29 is 13.9 Å². The molecule has 1 aromatic carbocycles. The Morgan fingerprint density at radius 3 is 3.08 bits per heavy atom. The maximum absolute atomic E-state index is 12.9. The van der Waals surface area contributed by atoms with Crippen molar-refractivity contribution in [3.05, 3.63) is 65.7 Å². The van der Waals surface area contributed by atoms with Gasteiger partial charge in [-0.15, -0.1) is 0 Å². The van der Waals surface area contributed by atoms with Crippen LogP contribution in [0, 0.1) is 6.92 Å². The summed E-state index contributed by atoms with van der Waals surface area (Å²) in [5.74, 6) is 0.905. The molecule has 1 saturated heterocycles. The van der Waals surface area contributed by atoms with E-state index in [9.17, 15) is 4.79 Å². The van der Waals surface area contributed by atoms with Gasteiger partial charge < -0.3 is 14.1 Å². The summed E-state index contributed by atoms with van der Waals surface area (Å²) in [6.45, 7) is 3.78. The summed E-state index contributed by atoms with van der Waals surface area (Å²) in [6.07, 6.45) is 3.74. The molecule has 2 aromatic heterocycles. The smallest absolute Gasteiger partial charge is 0.253 e. The Kier molecular flexibility index (Phi) is 4.71. The molecule has 1 fully saturated rings. The van der Waals surface area contributed by atoms with E-state index >= 15 is 0 Å². The summed E-state index contributed by atoms with van der Waals surface area (Å²) in [5, 5.41) is 0.966. The minimum atomic E-state index is 0.0506. The highest BCUT2D eigenvalue weighted by Crippen LogP contribution is 2.22. The number of amides is 1. The molecule has 0 spiro atoms. The average molecular weight is 350 g/mol. The number of hydrogen-bond donors (Lipinski definition) is 0. The summed E-state index contributed by atoms with van der Waals surface area (Å²) in [7, 11) is 0. The van der Waals surface area contributed by atoms with E-state index in [1.807, 2.05) is 54.3 Å². The van der Waals surface area contributed by atoms with Crippen molar-refractivity contribution in [2.45, 2.75) is 32.5 Å². The van der Waals surface area contributed by atoms with Crippen LogP contribution in [-0.4, -0.2) is 35.0 Å². The number of piperidine rings is 1. The Labute approximate surface area is 152 Å². The second-order valence-electron chi connectivity index (χ2n) is 6.76. The third kappa shape index (κ3) is 3.63. The lowest BCUT2D eigenvalue weighted by Gasteiger charge is -2.32. The minimum Gasteiger partial charge on any atom is -0.461 e. The van der Waals surface area contributed by atoms with Crippen LogP contribution in [0.2, 0.25) is 0 Å². The lowest BCUT2D eigenvalue weighted by atomic mass is 10.1. The number of aryl methyl sites for hydroxylation is 1. The van der Waals surface area contributed by atoms with Gasteiger partial charge in [0.2, 0.25) is 0 Å². The molecule has 0 radical (unpaired) electrons. The van der Waals surface area contributed by atoms with Crippen molar-refractivity contribution in [2.75, 3.05) is 13.1 Å². The fourth-order valence-corrected chi connectivity index (χ4v) is 3.44. The highest BCUT2D eigenvalue weighted by Gasteiger charge is 2.25. The molecule has 26 heavy (non-hydrogen) atoms. The second-order valence-corrected chi connectivity index (χ2v) is 6.76. The van der Waals surface area contributed by atoms with Gasteiger partial charge in [0.25, 0.3) is 5.91 Å². The van der Waals surface area contributed by atoms with Crippen LogP contribution in [0.5, 0.6) is 0 Å². The molecule has 1 aliphatic heterocycles. The van der Waals surface area contributed by atoms with E-state index in [2.05, 4.69) is 4.98 Å². The van der Waals surface area contributed by atoms with Crippen molar-refractivity contribution in [2.24, 2.45) is 0 Å². The lowest BCUT2D eigenvalue weighted by molar-refractivity contribution is -0.00784. The van der Waals surface area contributed by atoms with E-state index in [-0.39, 0.29) is 12.0 Å². The van der Waals surface area contributed by atoms with Gasteiger partial charge >= 0.3 is 0 Å². The van der Waals surface area contributed by atoms with Gasteiger partial charge in [0.05, 0.1) is 18.4 Å². The fourth-order valence-electron chi connectivity index (χ4n) is 3.44. The Morgan fingerprint density at radius 1 is 1.31 bits per heavy atom. The SMILES string of the molecule is Cc1cc2cc(C(=O)N3CCC[C@@H](OCc4ccccn4)C3)ccc2o1. The van der Waals surface area contributed by atoms with Gasteiger partial charge in [-0.2, -0.15) is 0 Å². The van der Waals surface area contributed by atoms with Crippen LogP contribution in [0.1, 0.15) is 34.7 Å². The fraction of sp³-hybridized carbons (Fsp3) is 0.333. The van der Waals surface area contributed by atoms with Crippen LogP contribution in [0.25, 0.3) is 11.0 Å². The molecule has 1 aliphatic rings. The van der Waals surface area contributed by atoms with Crippen molar-refractivity contribution in [1.82, 2.24) is 9.88 Å². The van der Waals surface area contributed by atoms with Crippen LogP contribution in [-0.2, 0) is 11.3 Å². The normalized spacial score (nSPS) is 17.6. The molecule has 0 unspecified atom stereocenters. The molecule has 0 N–H and O–H groups in total. The number of rotatable bonds is 4. The number of fused-ring (bicyclic) bond motifs is 1. The minimum absolute atomic E-state index is 0.0506. The summed E-state index contributed by atoms with van der Waals surface area (Å²) >= 11 is 0. The number of nitrogens with zero attached hydrogens (tertiary/aromatic N) is 2. The predicted octanol–water partition coefficient (Wildman–Crippen LogP) is 3.96. The van der Waals surface area contributed by atoms with E-state index < -0.39 is 0 Å². The van der Waals surface area contributed by atoms with Gasteiger partial charge in [-0.25, -0.2) is 0 Å². The molecule has 0 bridgehead atoms. The summed E-state index contributed by atoms with van der Waals surface area (Å²) in [4.78, 5) is 19.1. The van der Waals surface area contributed by atoms with Crippen molar-refractivity contribution in [1.29, 1.82) is 0 Å².